The molecule has 0 spiro atoms. The van der Waals surface area contributed by atoms with Crippen molar-refractivity contribution in [3.05, 3.63) is 34.9 Å². The zero-order valence-electron chi connectivity index (χ0n) is 9.07. The molecule has 78 valence electrons. The number of aryl methyl sites for hydroxylation is 1. The molecule has 0 unspecified atom stereocenters. The van der Waals surface area contributed by atoms with Gasteiger partial charge in [-0.25, -0.2) is 8.78 Å². The van der Waals surface area contributed by atoms with Crippen molar-refractivity contribution >= 4 is 0 Å². The lowest BCUT2D eigenvalue weighted by Gasteiger charge is -2.15. The van der Waals surface area contributed by atoms with E-state index in [0.717, 1.165) is 18.1 Å². The Bertz CT molecular complexity index is 322. The third-order valence-electron chi connectivity index (χ3n) is 2.27. The zero-order chi connectivity index (χ0) is 10.9. The summed E-state index contributed by atoms with van der Waals surface area (Å²) in [4.78, 5) is 0. The van der Waals surface area contributed by atoms with E-state index in [9.17, 15) is 8.78 Å². The molecule has 0 amide bonds. The number of rotatable bonds is 2. The van der Waals surface area contributed by atoms with Gasteiger partial charge in [0.1, 0.15) is 0 Å². The van der Waals surface area contributed by atoms with Gasteiger partial charge < -0.3 is 0 Å². The van der Waals surface area contributed by atoms with Crippen molar-refractivity contribution in [2.45, 2.75) is 39.5 Å². The van der Waals surface area contributed by atoms with E-state index in [2.05, 4.69) is 0 Å². The Hall–Kier alpha value is -0.920. The van der Waals surface area contributed by atoms with Crippen LogP contribution in [0.3, 0.4) is 0 Å². The fourth-order valence-electron chi connectivity index (χ4n) is 1.40. The Morgan fingerprint density at radius 3 is 2.14 bits per heavy atom. The molecule has 2 heteroatoms. The van der Waals surface area contributed by atoms with Gasteiger partial charge in [0.05, 0.1) is 0 Å². The van der Waals surface area contributed by atoms with Gasteiger partial charge >= 0.3 is 0 Å². The van der Waals surface area contributed by atoms with Crippen LogP contribution < -0.4 is 0 Å². The summed E-state index contributed by atoms with van der Waals surface area (Å²) in [7, 11) is 0. The second-order valence-corrected chi connectivity index (χ2v) is 4.18. The summed E-state index contributed by atoms with van der Waals surface area (Å²) in [6, 6.07) is 5.10. The number of hydrogen-bond acceptors (Lipinski definition) is 0. The number of alkyl halides is 2. The van der Waals surface area contributed by atoms with Gasteiger partial charge in [0.15, 0.2) is 0 Å². The fourth-order valence-corrected chi connectivity index (χ4v) is 1.40. The first-order valence-corrected chi connectivity index (χ1v) is 4.80. The van der Waals surface area contributed by atoms with Gasteiger partial charge in [-0.3, -0.25) is 0 Å². The summed E-state index contributed by atoms with van der Waals surface area (Å²) in [5.74, 6) is -2.45. The van der Waals surface area contributed by atoms with Gasteiger partial charge in [-0.1, -0.05) is 31.5 Å². The molecule has 0 saturated carbocycles. The van der Waals surface area contributed by atoms with Crippen molar-refractivity contribution < 1.29 is 8.78 Å². The van der Waals surface area contributed by atoms with Crippen molar-refractivity contribution in [2.24, 2.45) is 0 Å². The molecule has 0 nitrogen and oxygen atoms in total. The molecule has 0 aliphatic rings. The van der Waals surface area contributed by atoms with Crippen LogP contribution in [-0.2, 0) is 5.92 Å². The van der Waals surface area contributed by atoms with E-state index in [0.29, 0.717) is 0 Å². The zero-order valence-corrected chi connectivity index (χ0v) is 9.07. The SMILES string of the molecule is Cc1cc(C(C)C)cc(C(C)(F)F)c1. The number of hydrogen-bond donors (Lipinski definition) is 0. The van der Waals surface area contributed by atoms with Crippen LogP contribution >= 0.6 is 0 Å². The maximum Gasteiger partial charge on any atom is 0.270 e. The monoisotopic (exact) mass is 198 g/mol. The van der Waals surface area contributed by atoms with Crippen LogP contribution in [0.25, 0.3) is 0 Å². The second kappa shape index (κ2) is 3.68. The first-order chi connectivity index (χ1) is 6.30. The van der Waals surface area contributed by atoms with Crippen LogP contribution in [-0.4, -0.2) is 0 Å². The van der Waals surface area contributed by atoms with Crippen LogP contribution in [0, 0.1) is 6.92 Å². The van der Waals surface area contributed by atoms with Crippen LogP contribution in [0.2, 0.25) is 0 Å². The standard InChI is InChI=1S/C12H16F2/c1-8(2)10-5-9(3)6-11(7-10)12(4,13)14/h5-8H,1-4H3. The molecule has 1 aromatic carbocycles. The van der Waals surface area contributed by atoms with E-state index in [1.165, 1.54) is 0 Å². The van der Waals surface area contributed by atoms with Crippen molar-refractivity contribution in [3.8, 4) is 0 Å². The summed E-state index contributed by atoms with van der Waals surface area (Å²) in [6.45, 7) is 6.80. The summed E-state index contributed by atoms with van der Waals surface area (Å²) >= 11 is 0. The van der Waals surface area contributed by atoms with Crippen molar-refractivity contribution in [1.82, 2.24) is 0 Å². The molecular weight excluding hydrogens is 182 g/mol. The van der Waals surface area contributed by atoms with Gasteiger partial charge in [0.25, 0.3) is 5.92 Å². The lowest BCUT2D eigenvalue weighted by atomic mass is 9.96. The summed E-state index contributed by atoms with van der Waals surface area (Å²) in [5, 5.41) is 0. The Balaban J connectivity index is 3.21. The molecule has 0 aliphatic heterocycles. The minimum Gasteiger partial charge on any atom is -0.202 e. The Morgan fingerprint density at radius 2 is 1.71 bits per heavy atom. The van der Waals surface area contributed by atoms with Crippen LogP contribution in [0.4, 0.5) is 8.78 Å². The highest BCUT2D eigenvalue weighted by Crippen LogP contribution is 2.30. The molecule has 0 saturated heterocycles. The highest BCUT2D eigenvalue weighted by molar-refractivity contribution is 5.33. The first kappa shape index (κ1) is 11.2. The Labute approximate surface area is 84.0 Å². The van der Waals surface area contributed by atoms with Crippen LogP contribution in [0.1, 0.15) is 43.4 Å². The molecule has 0 bridgehead atoms. The molecule has 0 heterocycles. The average molecular weight is 198 g/mol. The van der Waals surface area contributed by atoms with Gasteiger partial charge in [-0.15, -0.1) is 0 Å². The highest BCUT2D eigenvalue weighted by Gasteiger charge is 2.24. The lowest BCUT2D eigenvalue weighted by Crippen LogP contribution is -2.08. The second-order valence-electron chi connectivity index (χ2n) is 4.18. The molecule has 1 rings (SSSR count). The summed E-state index contributed by atoms with van der Waals surface area (Å²) < 4.78 is 26.2. The molecule has 0 aliphatic carbocycles. The van der Waals surface area contributed by atoms with E-state index in [1.54, 1.807) is 12.1 Å². The molecule has 1 aromatic rings. The fraction of sp³-hybridized carbons (Fsp3) is 0.500. The maximum absolute atomic E-state index is 13.1. The largest absolute Gasteiger partial charge is 0.270 e. The van der Waals surface area contributed by atoms with Crippen molar-refractivity contribution in [1.29, 1.82) is 0 Å². The normalized spacial score (nSPS) is 12.2. The lowest BCUT2D eigenvalue weighted by molar-refractivity contribution is 0.0173. The van der Waals surface area contributed by atoms with E-state index < -0.39 is 5.92 Å². The molecule has 0 aromatic heterocycles. The molecular formula is C12H16F2. The van der Waals surface area contributed by atoms with E-state index in [4.69, 9.17) is 0 Å². The van der Waals surface area contributed by atoms with Gasteiger partial charge in [-0.2, -0.15) is 0 Å². The minimum atomic E-state index is -2.74. The van der Waals surface area contributed by atoms with Gasteiger partial charge in [0.2, 0.25) is 0 Å². The minimum absolute atomic E-state index is 0.112. The Kier molecular flexibility index (Phi) is 2.93. The van der Waals surface area contributed by atoms with Gasteiger partial charge in [-0.05, 0) is 24.5 Å². The van der Waals surface area contributed by atoms with Crippen molar-refractivity contribution in [3.63, 3.8) is 0 Å². The maximum atomic E-state index is 13.1. The summed E-state index contributed by atoms with van der Waals surface area (Å²) in [5.41, 5.74) is 1.98. The number of halogens is 2. The smallest absolute Gasteiger partial charge is 0.202 e. The highest BCUT2D eigenvalue weighted by atomic mass is 19.3. The third kappa shape index (κ3) is 2.53. The quantitative estimate of drug-likeness (QED) is 0.667. The molecule has 0 atom stereocenters. The molecule has 0 radical (unpaired) electrons. The summed E-state index contributed by atoms with van der Waals surface area (Å²) in [6.07, 6.45) is 0. The van der Waals surface area contributed by atoms with E-state index in [1.807, 2.05) is 26.8 Å². The van der Waals surface area contributed by atoms with E-state index in [-0.39, 0.29) is 11.5 Å². The first-order valence-electron chi connectivity index (χ1n) is 4.80. The molecule has 0 fully saturated rings. The molecule has 14 heavy (non-hydrogen) atoms. The average Bonchev–Trinajstić information content (AvgIpc) is 2.01. The van der Waals surface area contributed by atoms with E-state index >= 15 is 0 Å². The van der Waals surface area contributed by atoms with Crippen LogP contribution in [0.5, 0.6) is 0 Å². The molecule has 0 N–H and O–H groups in total. The third-order valence-corrected chi connectivity index (χ3v) is 2.27. The van der Waals surface area contributed by atoms with Crippen molar-refractivity contribution in [2.75, 3.05) is 0 Å². The Morgan fingerprint density at radius 1 is 1.14 bits per heavy atom. The topological polar surface area (TPSA) is 0 Å². The van der Waals surface area contributed by atoms with Gasteiger partial charge in [0, 0.05) is 12.5 Å². The predicted octanol–water partition coefficient (Wildman–Crippen LogP) is 4.23. The predicted molar refractivity (Wildman–Crippen MR) is 54.8 cm³/mol. The van der Waals surface area contributed by atoms with Crippen LogP contribution in [0.15, 0.2) is 18.2 Å². The number of benzene rings is 1.